The second-order valence-corrected chi connectivity index (χ2v) is 6.80. The summed E-state index contributed by atoms with van der Waals surface area (Å²) in [5.41, 5.74) is 2.23. The summed E-state index contributed by atoms with van der Waals surface area (Å²) in [5.74, 6) is 0. The van der Waals surface area contributed by atoms with Gasteiger partial charge in [-0.25, -0.2) is 0 Å². The van der Waals surface area contributed by atoms with Gasteiger partial charge in [0.05, 0.1) is 24.8 Å². The van der Waals surface area contributed by atoms with Gasteiger partial charge in [-0.1, -0.05) is 31.4 Å². The number of nitrogens with zero attached hydrogens (tertiary/aromatic N) is 2. The molecule has 4 heteroatoms. The molecule has 23 heavy (non-hydrogen) atoms. The minimum absolute atomic E-state index is 0.300. The van der Waals surface area contributed by atoms with Crippen molar-refractivity contribution < 1.29 is 4.74 Å². The highest BCUT2D eigenvalue weighted by Gasteiger charge is 2.38. The summed E-state index contributed by atoms with van der Waals surface area (Å²) in [7, 11) is 0. The Morgan fingerprint density at radius 3 is 2.70 bits per heavy atom. The van der Waals surface area contributed by atoms with Crippen LogP contribution in [0.1, 0.15) is 43.2 Å². The fourth-order valence-corrected chi connectivity index (χ4v) is 4.04. The second-order valence-electron chi connectivity index (χ2n) is 6.80. The second kappa shape index (κ2) is 7.92. The molecule has 1 aromatic rings. The molecule has 2 aliphatic rings. The SMILES string of the molecule is N#Cc1cccc(CNCC2(N3CCOCC3)CCCCC2)c1. The number of nitrogens with one attached hydrogen (secondary N) is 1. The normalized spacial score (nSPS) is 21.7. The van der Waals surface area contributed by atoms with Gasteiger partial charge in [-0.05, 0) is 30.5 Å². The number of ether oxygens (including phenoxy) is 1. The number of morpholine rings is 1. The summed E-state index contributed by atoms with van der Waals surface area (Å²) in [6.07, 6.45) is 6.62. The van der Waals surface area contributed by atoms with Crippen molar-refractivity contribution in [3.8, 4) is 6.07 Å². The Morgan fingerprint density at radius 2 is 1.96 bits per heavy atom. The molecule has 1 aliphatic carbocycles. The number of hydrogen-bond acceptors (Lipinski definition) is 4. The Hall–Kier alpha value is -1.41. The molecule has 1 saturated heterocycles. The van der Waals surface area contributed by atoms with Gasteiger partial charge in [0, 0.05) is 31.7 Å². The quantitative estimate of drug-likeness (QED) is 0.908. The maximum atomic E-state index is 9.01. The van der Waals surface area contributed by atoms with Crippen LogP contribution in [0.25, 0.3) is 0 Å². The first kappa shape index (κ1) is 16.4. The lowest BCUT2D eigenvalue weighted by molar-refractivity contribution is -0.0369. The van der Waals surface area contributed by atoms with Crippen LogP contribution in [-0.4, -0.2) is 43.3 Å². The third-order valence-electron chi connectivity index (χ3n) is 5.31. The van der Waals surface area contributed by atoms with Crippen LogP contribution in [0.2, 0.25) is 0 Å². The summed E-state index contributed by atoms with van der Waals surface area (Å²) in [6, 6.07) is 10.1. The number of nitriles is 1. The molecule has 2 fully saturated rings. The van der Waals surface area contributed by atoms with Gasteiger partial charge in [0.2, 0.25) is 0 Å². The first-order valence-electron chi connectivity index (χ1n) is 8.85. The molecule has 1 heterocycles. The van der Waals surface area contributed by atoms with E-state index >= 15 is 0 Å². The number of benzene rings is 1. The summed E-state index contributed by atoms with van der Waals surface area (Å²) in [6.45, 7) is 5.72. The Bertz CT molecular complexity index is 540. The van der Waals surface area contributed by atoms with Crippen molar-refractivity contribution in [1.29, 1.82) is 5.26 Å². The maximum Gasteiger partial charge on any atom is 0.0991 e. The Labute approximate surface area is 139 Å². The van der Waals surface area contributed by atoms with Crippen molar-refractivity contribution in [3.63, 3.8) is 0 Å². The molecule has 1 aromatic carbocycles. The highest BCUT2D eigenvalue weighted by molar-refractivity contribution is 5.32. The van der Waals surface area contributed by atoms with E-state index in [1.807, 2.05) is 18.2 Å². The third kappa shape index (κ3) is 4.11. The average Bonchev–Trinajstić information content (AvgIpc) is 2.63. The zero-order chi connectivity index (χ0) is 16.0. The summed E-state index contributed by atoms with van der Waals surface area (Å²) >= 11 is 0. The van der Waals surface area contributed by atoms with E-state index in [4.69, 9.17) is 10.00 Å². The van der Waals surface area contributed by atoms with E-state index in [1.54, 1.807) is 0 Å². The van der Waals surface area contributed by atoms with E-state index in [-0.39, 0.29) is 0 Å². The van der Waals surface area contributed by atoms with Crippen LogP contribution in [0.3, 0.4) is 0 Å². The van der Waals surface area contributed by atoms with Gasteiger partial charge in [0.1, 0.15) is 0 Å². The van der Waals surface area contributed by atoms with E-state index in [1.165, 1.54) is 37.7 Å². The van der Waals surface area contributed by atoms with Crippen molar-refractivity contribution in [3.05, 3.63) is 35.4 Å². The predicted molar refractivity (Wildman–Crippen MR) is 91.1 cm³/mol. The van der Waals surface area contributed by atoms with Crippen LogP contribution in [0.5, 0.6) is 0 Å². The number of hydrogen-bond donors (Lipinski definition) is 1. The molecule has 1 N–H and O–H groups in total. The third-order valence-corrected chi connectivity index (χ3v) is 5.31. The zero-order valence-electron chi connectivity index (χ0n) is 13.9. The van der Waals surface area contributed by atoms with E-state index in [9.17, 15) is 0 Å². The Morgan fingerprint density at radius 1 is 1.17 bits per heavy atom. The molecule has 0 radical (unpaired) electrons. The zero-order valence-corrected chi connectivity index (χ0v) is 13.9. The first-order chi connectivity index (χ1) is 11.3. The summed E-state index contributed by atoms with van der Waals surface area (Å²) in [5, 5.41) is 12.7. The molecule has 0 amide bonds. The van der Waals surface area contributed by atoms with Crippen molar-refractivity contribution in [2.24, 2.45) is 0 Å². The minimum Gasteiger partial charge on any atom is -0.379 e. The maximum absolute atomic E-state index is 9.01. The van der Waals surface area contributed by atoms with Gasteiger partial charge in [-0.15, -0.1) is 0 Å². The van der Waals surface area contributed by atoms with Crippen LogP contribution < -0.4 is 5.32 Å². The van der Waals surface area contributed by atoms with Gasteiger partial charge in [0.25, 0.3) is 0 Å². The minimum atomic E-state index is 0.300. The van der Waals surface area contributed by atoms with Crippen LogP contribution in [-0.2, 0) is 11.3 Å². The fraction of sp³-hybridized carbons (Fsp3) is 0.632. The van der Waals surface area contributed by atoms with Crippen molar-refractivity contribution in [2.75, 3.05) is 32.8 Å². The lowest BCUT2D eigenvalue weighted by Gasteiger charge is -2.48. The molecule has 124 valence electrons. The lowest BCUT2D eigenvalue weighted by atomic mass is 9.79. The molecule has 0 bridgehead atoms. The van der Waals surface area contributed by atoms with Crippen LogP contribution in [0.15, 0.2) is 24.3 Å². The lowest BCUT2D eigenvalue weighted by Crippen LogP contribution is -2.59. The monoisotopic (exact) mass is 313 g/mol. The highest BCUT2D eigenvalue weighted by atomic mass is 16.5. The molecule has 0 spiro atoms. The molecule has 0 aromatic heterocycles. The Balaban J connectivity index is 1.61. The number of rotatable bonds is 5. The van der Waals surface area contributed by atoms with Gasteiger partial charge in [0.15, 0.2) is 0 Å². The fourth-order valence-electron chi connectivity index (χ4n) is 4.04. The van der Waals surface area contributed by atoms with Gasteiger partial charge >= 0.3 is 0 Å². The molecular formula is C19H27N3O. The van der Waals surface area contributed by atoms with Crippen LogP contribution in [0.4, 0.5) is 0 Å². The van der Waals surface area contributed by atoms with E-state index in [0.29, 0.717) is 5.54 Å². The van der Waals surface area contributed by atoms with Crippen LogP contribution >= 0.6 is 0 Å². The predicted octanol–water partition coefficient (Wildman–Crippen LogP) is 2.68. The standard InChI is InChI=1S/C19H27N3O/c20-14-17-5-4-6-18(13-17)15-21-16-19(7-2-1-3-8-19)22-9-11-23-12-10-22/h4-6,13,21H,1-3,7-12,15-16H2. The van der Waals surface area contributed by atoms with Crippen molar-refractivity contribution in [1.82, 2.24) is 10.2 Å². The molecular weight excluding hydrogens is 286 g/mol. The first-order valence-corrected chi connectivity index (χ1v) is 8.85. The summed E-state index contributed by atoms with van der Waals surface area (Å²) in [4.78, 5) is 2.66. The molecule has 1 saturated carbocycles. The van der Waals surface area contributed by atoms with E-state index in [0.717, 1.165) is 45.0 Å². The highest BCUT2D eigenvalue weighted by Crippen LogP contribution is 2.33. The van der Waals surface area contributed by atoms with E-state index in [2.05, 4.69) is 22.4 Å². The molecule has 0 atom stereocenters. The molecule has 0 unspecified atom stereocenters. The van der Waals surface area contributed by atoms with Crippen LogP contribution in [0, 0.1) is 11.3 Å². The summed E-state index contributed by atoms with van der Waals surface area (Å²) < 4.78 is 5.54. The molecule has 1 aliphatic heterocycles. The smallest absolute Gasteiger partial charge is 0.0991 e. The molecule has 3 rings (SSSR count). The largest absolute Gasteiger partial charge is 0.379 e. The Kier molecular flexibility index (Phi) is 5.66. The van der Waals surface area contributed by atoms with Gasteiger partial charge in [-0.3, -0.25) is 4.90 Å². The van der Waals surface area contributed by atoms with Crippen molar-refractivity contribution in [2.45, 2.75) is 44.2 Å². The average molecular weight is 313 g/mol. The van der Waals surface area contributed by atoms with Crippen molar-refractivity contribution >= 4 is 0 Å². The van der Waals surface area contributed by atoms with Gasteiger partial charge in [-0.2, -0.15) is 5.26 Å². The molecule has 4 nitrogen and oxygen atoms in total. The van der Waals surface area contributed by atoms with Gasteiger partial charge < -0.3 is 10.1 Å². The van der Waals surface area contributed by atoms with E-state index < -0.39 is 0 Å². The topological polar surface area (TPSA) is 48.3 Å².